The number of nitrogens with one attached hydrogen (secondary N) is 1. The maximum Gasteiger partial charge on any atom is 0.326 e. The minimum Gasteiger partial charge on any atom is -0.480 e. The van der Waals surface area contributed by atoms with Gasteiger partial charge in [-0.15, -0.1) is 17.9 Å². The molecule has 1 unspecified atom stereocenters. The lowest BCUT2D eigenvalue weighted by Gasteiger charge is -2.12. The van der Waals surface area contributed by atoms with Crippen molar-refractivity contribution in [2.45, 2.75) is 31.7 Å². The lowest BCUT2D eigenvalue weighted by Crippen LogP contribution is -2.40. The molecular weight excluding hydrogens is 318 g/mol. The Hall–Kier alpha value is -2.48. The van der Waals surface area contributed by atoms with Crippen molar-refractivity contribution in [3.8, 4) is 10.7 Å². The number of thiophene rings is 1. The Morgan fingerprint density at radius 3 is 3.00 bits per heavy atom. The zero-order valence-electron chi connectivity index (χ0n) is 12.4. The summed E-state index contributed by atoms with van der Waals surface area (Å²) >= 11 is 1.50. The fraction of sp³-hybridized carbons (Fsp3) is 0.333. The van der Waals surface area contributed by atoms with E-state index in [0.29, 0.717) is 24.6 Å². The van der Waals surface area contributed by atoms with Crippen LogP contribution in [0.1, 0.15) is 25.2 Å². The lowest BCUT2D eigenvalue weighted by molar-refractivity contribution is -0.142. The normalized spacial score (nSPS) is 11.8. The number of hydrogen-bond donors (Lipinski definition) is 2. The maximum absolute atomic E-state index is 11.8. The van der Waals surface area contributed by atoms with Gasteiger partial charge in [-0.3, -0.25) is 4.79 Å². The molecule has 0 radical (unpaired) electrons. The number of nitrogens with zero attached hydrogens (tertiary/aromatic N) is 2. The Balaban J connectivity index is 1.84. The third-order valence-corrected chi connectivity index (χ3v) is 3.93. The largest absolute Gasteiger partial charge is 0.480 e. The van der Waals surface area contributed by atoms with E-state index < -0.39 is 12.0 Å². The van der Waals surface area contributed by atoms with Crippen LogP contribution in [-0.2, 0) is 16.0 Å². The van der Waals surface area contributed by atoms with Crippen LogP contribution < -0.4 is 5.32 Å². The third-order valence-electron chi connectivity index (χ3n) is 3.07. The molecule has 0 aliphatic carbocycles. The number of hydrogen-bond acceptors (Lipinski definition) is 6. The predicted octanol–water partition coefficient (Wildman–Crippen LogP) is 2.27. The number of aromatic nitrogens is 2. The van der Waals surface area contributed by atoms with Crippen LogP contribution in [0.5, 0.6) is 0 Å². The van der Waals surface area contributed by atoms with Gasteiger partial charge in [0.2, 0.25) is 17.6 Å². The molecule has 2 rings (SSSR count). The first-order valence-corrected chi connectivity index (χ1v) is 7.97. The number of aryl methyl sites for hydroxylation is 1. The van der Waals surface area contributed by atoms with Gasteiger partial charge in [-0.05, 0) is 24.3 Å². The van der Waals surface area contributed by atoms with Crippen molar-refractivity contribution in [2.75, 3.05) is 0 Å². The molecule has 0 saturated heterocycles. The van der Waals surface area contributed by atoms with Gasteiger partial charge in [0.15, 0.2) is 0 Å². The molecule has 2 N–H and O–H groups in total. The van der Waals surface area contributed by atoms with E-state index in [4.69, 9.17) is 9.63 Å². The van der Waals surface area contributed by atoms with E-state index in [1.54, 1.807) is 6.08 Å². The van der Waals surface area contributed by atoms with E-state index in [1.165, 1.54) is 11.3 Å². The van der Waals surface area contributed by atoms with Crippen molar-refractivity contribution in [3.05, 3.63) is 36.1 Å². The molecule has 1 atom stereocenters. The van der Waals surface area contributed by atoms with Gasteiger partial charge < -0.3 is 14.9 Å². The SMILES string of the molecule is C=CCCC(NC(=O)CCc1nc(-c2cccs2)no1)C(=O)O. The topological polar surface area (TPSA) is 105 Å². The van der Waals surface area contributed by atoms with E-state index in [0.717, 1.165) is 4.88 Å². The van der Waals surface area contributed by atoms with Gasteiger partial charge in [0.05, 0.1) is 4.88 Å². The second-order valence-electron chi connectivity index (χ2n) is 4.81. The van der Waals surface area contributed by atoms with Crippen LogP contribution in [0, 0.1) is 0 Å². The summed E-state index contributed by atoms with van der Waals surface area (Å²) in [7, 11) is 0. The van der Waals surface area contributed by atoms with E-state index in [2.05, 4.69) is 22.0 Å². The zero-order chi connectivity index (χ0) is 16.7. The number of carbonyl (C=O) groups is 2. The van der Waals surface area contributed by atoms with E-state index >= 15 is 0 Å². The Morgan fingerprint density at radius 2 is 2.35 bits per heavy atom. The summed E-state index contributed by atoms with van der Waals surface area (Å²) in [6.07, 6.45) is 2.80. The van der Waals surface area contributed by atoms with Crippen molar-refractivity contribution < 1.29 is 19.2 Å². The summed E-state index contributed by atoms with van der Waals surface area (Å²) in [4.78, 5) is 28.0. The van der Waals surface area contributed by atoms with Crippen LogP contribution in [0.25, 0.3) is 10.7 Å². The Kier molecular flexibility index (Phi) is 6.04. The average Bonchev–Trinajstić information content (AvgIpc) is 3.19. The van der Waals surface area contributed by atoms with Crippen LogP contribution in [0.4, 0.5) is 0 Å². The molecule has 1 amide bonds. The van der Waals surface area contributed by atoms with Crippen molar-refractivity contribution >= 4 is 23.2 Å². The lowest BCUT2D eigenvalue weighted by atomic mass is 10.1. The zero-order valence-corrected chi connectivity index (χ0v) is 13.2. The number of carboxylic acid groups (broad SMARTS) is 1. The minimum atomic E-state index is -1.06. The van der Waals surface area contributed by atoms with Crippen LogP contribution in [0.2, 0.25) is 0 Å². The number of allylic oxidation sites excluding steroid dienone is 1. The fourth-order valence-electron chi connectivity index (χ4n) is 1.89. The first kappa shape index (κ1) is 16.9. The van der Waals surface area contributed by atoms with E-state index in [1.807, 2.05) is 17.5 Å². The third kappa shape index (κ3) is 5.03. The van der Waals surface area contributed by atoms with Crippen molar-refractivity contribution in [2.24, 2.45) is 0 Å². The number of aliphatic carboxylic acids is 1. The molecule has 2 aromatic rings. The van der Waals surface area contributed by atoms with Gasteiger partial charge in [-0.25, -0.2) is 4.79 Å². The molecule has 0 fully saturated rings. The average molecular weight is 335 g/mol. The van der Waals surface area contributed by atoms with Gasteiger partial charge >= 0.3 is 5.97 Å². The molecule has 23 heavy (non-hydrogen) atoms. The highest BCUT2D eigenvalue weighted by atomic mass is 32.1. The Morgan fingerprint density at radius 1 is 1.52 bits per heavy atom. The highest BCUT2D eigenvalue weighted by molar-refractivity contribution is 7.13. The molecule has 0 spiro atoms. The second-order valence-corrected chi connectivity index (χ2v) is 5.76. The van der Waals surface area contributed by atoms with Gasteiger partial charge in [-0.2, -0.15) is 4.98 Å². The van der Waals surface area contributed by atoms with Crippen molar-refractivity contribution in [3.63, 3.8) is 0 Å². The highest BCUT2D eigenvalue weighted by Gasteiger charge is 2.19. The number of rotatable bonds is 9. The first-order valence-electron chi connectivity index (χ1n) is 7.09. The number of carboxylic acids is 1. The van der Waals surface area contributed by atoms with Crippen molar-refractivity contribution in [1.29, 1.82) is 0 Å². The molecule has 7 nitrogen and oxygen atoms in total. The van der Waals surface area contributed by atoms with Gasteiger partial charge in [-0.1, -0.05) is 17.3 Å². The van der Waals surface area contributed by atoms with Gasteiger partial charge in [0.25, 0.3) is 0 Å². The summed E-state index contributed by atoms with van der Waals surface area (Å²) in [5.74, 6) is -0.582. The summed E-state index contributed by atoms with van der Waals surface area (Å²) in [6, 6.07) is 2.85. The molecular formula is C15H17N3O4S. The monoisotopic (exact) mass is 335 g/mol. The van der Waals surface area contributed by atoms with Gasteiger partial charge in [0, 0.05) is 12.8 Å². The molecule has 0 aliphatic heterocycles. The molecule has 0 aliphatic rings. The molecule has 8 heteroatoms. The highest BCUT2D eigenvalue weighted by Crippen LogP contribution is 2.21. The standard InChI is InChI=1S/C15H17N3O4S/c1-2-3-5-10(15(20)21)16-12(19)7-8-13-17-14(18-22-13)11-6-4-9-23-11/h2,4,6,9-10H,1,3,5,7-8H2,(H,16,19)(H,20,21). The minimum absolute atomic E-state index is 0.0872. The van der Waals surface area contributed by atoms with Crippen LogP contribution in [0.15, 0.2) is 34.7 Å². The number of amides is 1. The Labute approximate surface area is 137 Å². The van der Waals surface area contributed by atoms with Crippen LogP contribution >= 0.6 is 11.3 Å². The molecule has 0 saturated carbocycles. The quantitative estimate of drug-likeness (QED) is 0.681. The smallest absolute Gasteiger partial charge is 0.326 e. The van der Waals surface area contributed by atoms with Crippen LogP contribution in [0.3, 0.4) is 0 Å². The van der Waals surface area contributed by atoms with E-state index in [9.17, 15) is 9.59 Å². The second kappa shape index (κ2) is 8.23. The number of carbonyl (C=O) groups excluding carboxylic acids is 1. The summed E-state index contributed by atoms with van der Waals surface area (Å²) in [5.41, 5.74) is 0. The maximum atomic E-state index is 11.8. The van der Waals surface area contributed by atoms with Crippen LogP contribution in [-0.4, -0.2) is 33.2 Å². The molecule has 0 bridgehead atoms. The summed E-state index contributed by atoms with van der Waals surface area (Å²) in [6.45, 7) is 3.54. The van der Waals surface area contributed by atoms with E-state index in [-0.39, 0.29) is 18.7 Å². The Bertz CT molecular complexity index is 666. The predicted molar refractivity (Wildman–Crippen MR) is 84.9 cm³/mol. The summed E-state index contributed by atoms with van der Waals surface area (Å²) in [5, 5.41) is 17.3. The first-order chi connectivity index (χ1) is 11.1. The van der Waals surface area contributed by atoms with Crippen molar-refractivity contribution in [1.82, 2.24) is 15.5 Å². The molecule has 0 aromatic carbocycles. The molecule has 122 valence electrons. The fourth-order valence-corrected chi connectivity index (χ4v) is 2.54. The molecule has 2 aromatic heterocycles. The molecule has 2 heterocycles. The summed E-state index contributed by atoms with van der Waals surface area (Å²) < 4.78 is 5.09. The van der Waals surface area contributed by atoms with Gasteiger partial charge in [0.1, 0.15) is 6.04 Å².